The molecule has 4 heterocycles. The van der Waals surface area contributed by atoms with E-state index in [0.29, 0.717) is 86.3 Å². The summed E-state index contributed by atoms with van der Waals surface area (Å²) >= 11 is 0. The number of piperidine rings is 1. The third-order valence-electron chi connectivity index (χ3n) is 7.54. The van der Waals surface area contributed by atoms with E-state index in [-0.39, 0.29) is 11.9 Å². The number of methoxy groups -OCH3 is 1. The first-order valence-electron chi connectivity index (χ1n) is 13.6. The number of halogens is 1. The van der Waals surface area contributed by atoms with Gasteiger partial charge in [-0.2, -0.15) is 4.98 Å². The number of hydrogen-bond donors (Lipinski definition) is 4. The Labute approximate surface area is 237 Å². The van der Waals surface area contributed by atoms with Crippen LogP contribution in [0.5, 0.6) is 0 Å². The lowest BCUT2D eigenvalue weighted by atomic mass is 9.96. The zero-order valence-corrected chi connectivity index (χ0v) is 23.2. The lowest BCUT2D eigenvalue weighted by Crippen LogP contribution is -2.49. The molecule has 5 rings (SSSR count). The number of piperazine rings is 1. The number of benzene rings is 1. The summed E-state index contributed by atoms with van der Waals surface area (Å²) in [4.78, 5) is 47.1. The number of nitrogens with one attached hydrogen (secondary N) is 3. The van der Waals surface area contributed by atoms with E-state index in [9.17, 15) is 14.0 Å². The largest absolute Gasteiger partial charge is 0.453 e. The highest BCUT2D eigenvalue weighted by atomic mass is 19.1. The van der Waals surface area contributed by atoms with Crippen LogP contribution in [-0.2, 0) is 4.74 Å². The maximum atomic E-state index is 14.9. The molecule has 0 bridgehead atoms. The summed E-state index contributed by atoms with van der Waals surface area (Å²) in [6.07, 6.45) is 2.92. The van der Waals surface area contributed by atoms with Gasteiger partial charge >= 0.3 is 6.09 Å². The minimum absolute atomic E-state index is 0.0647. The predicted molar refractivity (Wildman–Crippen MR) is 154 cm³/mol. The summed E-state index contributed by atoms with van der Waals surface area (Å²) < 4.78 is 19.8. The molecular weight excluding hydrogens is 531 g/mol. The van der Waals surface area contributed by atoms with Crippen molar-refractivity contribution < 1.29 is 18.7 Å². The molecule has 2 aromatic heterocycles. The van der Waals surface area contributed by atoms with Crippen LogP contribution in [0.2, 0.25) is 0 Å². The number of ether oxygens (including phenoxy) is 1. The van der Waals surface area contributed by atoms with E-state index in [0.717, 1.165) is 12.8 Å². The Kier molecular flexibility index (Phi) is 8.47. The van der Waals surface area contributed by atoms with Gasteiger partial charge in [0.15, 0.2) is 5.82 Å². The van der Waals surface area contributed by atoms with Gasteiger partial charge in [-0.15, -0.1) is 0 Å². The number of H-pyrrole nitrogens is 1. The first-order chi connectivity index (χ1) is 19.9. The van der Waals surface area contributed by atoms with Crippen LogP contribution in [0.25, 0.3) is 11.4 Å². The number of nitrogens with two attached hydrogens (primary N) is 1. The van der Waals surface area contributed by atoms with Crippen molar-refractivity contribution in [3.63, 3.8) is 0 Å². The fraction of sp³-hybridized carbons (Fsp3) is 0.444. The van der Waals surface area contributed by atoms with Crippen LogP contribution in [-0.4, -0.2) is 96.8 Å². The average molecular weight is 567 g/mol. The van der Waals surface area contributed by atoms with Crippen LogP contribution in [0.3, 0.4) is 0 Å². The van der Waals surface area contributed by atoms with Crippen LogP contribution in [0.4, 0.5) is 32.3 Å². The van der Waals surface area contributed by atoms with E-state index in [4.69, 9.17) is 10.5 Å². The molecule has 2 saturated heterocycles. The summed E-state index contributed by atoms with van der Waals surface area (Å²) in [6.45, 7) is 4.10. The Hall–Kier alpha value is -4.46. The number of imidazole rings is 1. The molecule has 0 aliphatic carbocycles. The minimum Gasteiger partial charge on any atom is -0.453 e. The second kappa shape index (κ2) is 12.4. The van der Waals surface area contributed by atoms with Crippen molar-refractivity contribution in [3.05, 3.63) is 42.1 Å². The summed E-state index contributed by atoms with van der Waals surface area (Å²) in [5, 5.41) is 5.79. The third-order valence-corrected chi connectivity index (χ3v) is 7.54. The van der Waals surface area contributed by atoms with Gasteiger partial charge in [0.1, 0.15) is 11.6 Å². The molecule has 2 aliphatic rings. The SMILES string of the molecule is CNc1nc(-c2cnc(C(=O)Nc3cccc(F)c3N3CCC(CN)CC3)[nH]2)cc(N2CCN(C(=O)OC)CC2)n1. The van der Waals surface area contributed by atoms with E-state index in [1.165, 1.54) is 19.4 Å². The number of hydrogen-bond acceptors (Lipinski definition) is 10. The van der Waals surface area contributed by atoms with Gasteiger partial charge in [0.2, 0.25) is 5.95 Å². The van der Waals surface area contributed by atoms with Crippen LogP contribution in [0, 0.1) is 11.7 Å². The number of amides is 2. The number of nitrogens with zero attached hydrogens (tertiary/aromatic N) is 6. The predicted octanol–water partition coefficient (Wildman–Crippen LogP) is 2.36. The van der Waals surface area contributed by atoms with Gasteiger partial charge in [-0.1, -0.05) is 6.07 Å². The van der Waals surface area contributed by atoms with Gasteiger partial charge in [0.25, 0.3) is 5.91 Å². The molecule has 0 radical (unpaired) electrons. The summed E-state index contributed by atoms with van der Waals surface area (Å²) in [5.74, 6) is 0.669. The fourth-order valence-electron chi connectivity index (χ4n) is 5.17. The molecule has 1 aromatic carbocycles. The highest BCUT2D eigenvalue weighted by molar-refractivity contribution is 6.04. The Morgan fingerprint density at radius 2 is 1.88 bits per heavy atom. The molecule has 14 heteroatoms. The second-order valence-corrected chi connectivity index (χ2v) is 10.0. The van der Waals surface area contributed by atoms with Gasteiger partial charge in [0.05, 0.1) is 36.1 Å². The number of carbonyl (C=O) groups excluding carboxylic acids is 2. The number of carbonyl (C=O) groups is 2. The first-order valence-corrected chi connectivity index (χ1v) is 13.6. The molecule has 218 valence electrons. The van der Waals surface area contributed by atoms with Crippen LogP contribution in [0.1, 0.15) is 23.5 Å². The van der Waals surface area contributed by atoms with Gasteiger partial charge in [0, 0.05) is 52.4 Å². The number of rotatable bonds is 7. The van der Waals surface area contributed by atoms with Crippen LogP contribution in [0.15, 0.2) is 30.5 Å². The minimum atomic E-state index is -0.498. The molecule has 5 N–H and O–H groups in total. The van der Waals surface area contributed by atoms with Crippen molar-refractivity contribution >= 4 is 35.1 Å². The normalized spacial score (nSPS) is 16.0. The smallest absolute Gasteiger partial charge is 0.409 e. The van der Waals surface area contributed by atoms with Crippen molar-refractivity contribution in [2.24, 2.45) is 11.7 Å². The molecule has 2 aliphatic heterocycles. The average Bonchev–Trinajstić information content (AvgIpc) is 3.52. The van der Waals surface area contributed by atoms with E-state index >= 15 is 0 Å². The number of aromatic amines is 1. The summed E-state index contributed by atoms with van der Waals surface area (Å²) in [5.41, 5.74) is 7.62. The van der Waals surface area contributed by atoms with Gasteiger partial charge in [-0.25, -0.2) is 19.2 Å². The molecule has 0 spiro atoms. The summed E-state index contributed by atoms with van der Waals surface area (Å²) in [7, 11) is 3.09. The van der Waals surface area contributed by atoms with Crippen molar-refractivity contribution in [2.75, 3.05) is 80.4 Å². The van der Waals surface area contributed by atoms with E-state index < -0.39 is 11.7 Å². The van der Waals surface area contributed by atoms with Gasteiger partial charge < -0.3 is 40.8 Å². The van der Waals surface area contributed by atoms with Crippen LogP contribution >= 0.6 is 0 Å². The maximum absolute atomic E-state index is 14.9. The van der Waals surface area contributed by atoms with Crippen molar-refractivity contribution in [2.45, 2.75) is 12.8 Å². The van der Waals surface area contributed by atoms with Crippen molar-refractivity contribution in [1.29, 1.82) is 0 Å². The molecule has 0 saturated carbocycles. The quantitative estimate of drug-likeness (QED) is 0.335. The Morgan fingerprint density at radius 1 is 1.12 bits per heavy atom. The number of aromatic nitrogens is 4. The molecule has 2 amide bonds. The molecule has 2 fully saturated rings. The molecule has 13 nitrogen and oxygen atoms in total. The zero-order chi connectivity index (χ0) is 28.9. The van der Waals surface area contributed by atoms with Crippen LogP contribution < -0.4 is 26.2 Å². The molecular formula is C27H35FN10O3. The zero-order valence-electron chi connectivity index (χ0n) is 23.2. The second-order valence-electron chi connectivity index (χ2n) is 10.0. The highest BCUT2D eigenvalue weighted by Crippen LogP contribution is 2.33. The lowest BCUT2D eigenvalue weighted by molar-refractivity contribution is 0.101. The van der Waals surface area contributed by atoms with Gasteiger partial charge in [-0.05, 0) is 37.4 Å². The number of para-hydroxylation sites is 1. The molecule has 0 atom stereocenters. The van der Waals surface area contributed by atoms with E-state index in [1.807, 2.05) is 4.90 Å². The summed E-state index contributed by atoms with van der Waals surface area (Å²) in [6, 6.07) is 6.46. The fourth-order valence-corrected chi connectivity index (χ4v) is 5.17. The Bertz CT molecular complexity index is 1380. The monoisotopic (exact) mass is 566 g/mol. The Morgan fingerprint density at radius 3 is 2.56 bits per heavy atom. The number of anilines is 4. The van der Waals surface area contributed by atoms with E-state index in [1.54, 1.807) is 30.1 Å². The molecule has 3 aromatic rings. The highest BCUT2D eigenvalue weighted by Gasteiger charge is 2.25. The topological polar surface area (TPSA) is 158 Å². The Balaban J connectivity index is 1.32. The molecule has 41 heavy (non-hydrogen) atoms. The van der Waals surface area contributed by atoms with E-state index in [2.05, 4.69) is 35.5 Å². The van der Waals surface area contributed by atoms with Crippen molar-refractivity contribution in [3.8, 4) is 11.4 Å². The lowest BCUT2D eigenvalue weighted by Gasteiger charge is -2.34. The van der Waals surface area contributed by atoms with Gasteiger partial charge in [-0.3, -0.25) is 4.79 Å². The standard InChI is InChI=1S/C27H35FN10O3/c1-30-26-34-20(14-22(35-26)36-10-12-38(13-11-36)27(40)41-2)21-16-31-24(32-21)25(39)33-19-5-3-4-18(28)23(19)37-8-6-17(15-29)7-9-37/h3-5,14,16-17H,6-13,15,29H2,1-2H3,(H,31,32)(H,33,39)(H,30,34,35). The maximum Gasteiger partial charge on any atom is 0.409 e. The van der Waals surface area contributed by atoms with Crippen molar-refractivity contribution in [1.82, 2.24) is 24.8 Å². The third kappa shape index (κ3) is 6.16. The molecule has 0 unspecified atom stereocenters. The first kappa shape index (κ1) is 28.1.